The SMILES string of the molecule is Cc1ccc(C(=O)[P+](=O)Cc2ccccc2)c(C)c1C. The molecule has 0 spiro atoms. The highest BCUT2D eigenvalue weighted by Gasteiger charge is 2.31. The fourth-order valence-electron chi connectivity index (χ4n) is 2.14. The summed E-state index contributed by atoms with van der Waals surface area (Å²) in [5.41, 5.74) is 4.46. The fraction of sp³-hybridized carbons (Fsp3) is 0.235. The second kappa shape index (κ2) is 6.11. The first-order chi connectivity index (χ1) is 9.50. The first kappa shape index (κ1) is 14.6. The Bertz CT molecular complexity index is 660. The molecule has 0 fully saturated rings. The van der Waals surface area contributed by atoms with Crippen LogP contribution in [0.15, 0.2) is 42.5 Å². The lowest BCUT2D eigenvalue weighted by Gasteiger charge is -2.06. The molecule has 0 N–H and O–H groups in total. The molecule has 0 aliphatic rings. The van der Waals surface area contributed by atoms with Crippen molar-refractivity contribution in [3.63, 3.8) is 0 Å². The molecule has 0 aliphatic carbocycles. The van der Waals surface area contributed by atoms with Gasteiger partial charge in [-0.2, -0.15) is 0 Å². The van der Waals surface area contributed by atoms with E-state index in [2.05, 4.69) is 0 Å². The molecule has 1 atom stereocenters. The van der Waals surface area contributed by atoms with Crippen molar-refractivity contribution in [2.75, 3.05) is 0 Å². The van der Waals surface area contributed by atoms with Gasteiger partial charge in [0.05, 0.1) is 5.56 Å². The van der Waals surface area contributed by atoms with Gasteiger partial charge >= 0.3 is 13.3 Å². The lowest BCUT2D eigenvalue weighted by molar-refractivity contribution is 0.107. The van der Waals surface area contributed by atoms with E-state index in [0.717, 1.165) is 22.3 Å². The van der Waals surface area contributed by atoms with Gasteiger partial charge in [0.25, 0.3) is 0 Å². The van der Waals surface area contributed by atoms with Crippen LogP contribution in [0, 0.1) is 20.8 Å². The first-order valence-electron chi connectivity index (χ1n) is 6.60. The summed E-state index contributed by atoms with van der Waals surface area (Å²) in [7, 11) is -1.92. The molecule has 0 amide bonds. The van der Waals surface area contributed by atoms with Crippen molar-refractivity contribution in [3.05, 3.63) is 70.3 Å². The normalized spacial score (nSPS) is 11.2. The van der Waals surface area contributed by atoms with E-state index in [0.29, 0.717) is 11.7 Å². The number of benzene rings is 2. The summed E-state index contributed by atoms with van der Waals surface area (Å²) in [6.45, 7) is 5.92. The number of hydrogen-bond donors (Lipinski definition) is 0. The summed E-state index contributed by atoms with van der Waals surface area (Å²) in [5, 5.41) is 0. The molecule has 0 aromatic heterocycles. The second-order valence-electron chi connectivity index (χ2n) is 5.01. The number of carbonyl (C=O) groups excluding carboxylic acids is 1. The third kappa shape index (κ3) is 3.02. The van der Waals surface area contributed by atoms with Gasteiger partial charge in [0.15, 0.2) is 6.16 Å². The van der Waals surface area contributed by atoms with E-state index in [9.17, 15) is 9.36 Å². The van der Waals surface area contributed by atoms with Crippen molar-refractivity contribution < 1.29 is 9.36 Å². The minimum absolute atomic E-state index is 0.246. The van der Waals surface area contributed by atoms with Crippen LogP contribution in [0.1, 0.15) is 32.6 Å². The molecule has 0 bridgehead atoms. The van der Waals surface area contributed by atoms with Crippen LogP contribution in [0.5, 0.6) is 0 Å². The van der Waals surface area contributed by atoms with Crippen LogP contribution in [0.4, 0.5) is 0 Å². The van der Waals surface area contributed by atoms with Crippen LogP contribution < -0.4 is 0 Å². The van der Waals surface area contributed by atoms with Crippen LogP contribution in [-0.4, -0.2) is 5.52 Å². The van der Waals surface area contributed by atoms with Gasteiger partial charge in [-0.05, 0) is 43.5 Å². The molecule has 102 valence electrons. The van der Waals surface area contributed by atoms with Gasteiger partial charge in [0.1, 0.15) is 0 Å². The van der Waals surface area contributed by atoms with Crippen molar-refractivity contribution in [1.82, 2.24) is 0 Å². The Morgan fingerprint density at radius 3 is 2.25 bits per heavy atom. The zero-order valence-electron chi connectivity index (χ0n) is 12.0. The first-order valence-corrected chi connectivity index (χ1v) is 8.05. The summed E-state index contributed by atoms with van der Waals surface area (Å²) in [6.07, 6.45) is 0.307. The molecule has 0 aliphatic heterocycles. The van der Waals surface area contributed by atoms with Crippen molar-refractivity contribution in [2.45, 2.75) is 26.9 Å². The van der Waals surface area contributed by atoms with Crippen molar-refractivity contribution >= 4 is 13.3 Å². The topological polar surface area (TPSA) is 34.1 Å². The van der Waals surface area contributed by atoms with E-state index < -0.39 is 7.80 Å². The van der Waals surface area contributed by atoms with E-state index in [1.807, 2.05) is 57.2 Å². The van der Waals surface area contributed by atoms with E-state index in [1.54, 1.807) is 6.07 Å². The quantitative estimate of drug-likeness (QED) is 0.757. The molecule has 0 heterocycles. The Labute approximate surface area is 120 Å². The van der Waals surface area contributed by atoms with Crippen molar-refractivity contribution in [2.24, 2.45) is 0 Å². The lowest BCUT2D eigenvalue weighted by atomic mass is 10.00. The van der Waals surface area contributed by atoms with Gasteiger partial charge in [0, 0.05) is 5.56 Å². The minimum atomic E-state index is -1.92. The molecule has 3 heteroatoms. The third-order valence-electron chi connectivity index (χ3n) is 3.68. The molecular weight excluding hydrogens is 267 g/mol. The van der Waals surface area contributed by atoms with Crippen molar-refractivity contribution in [1.29, 1.82) is 0 Å². The Morgan fingerprint density at radius 1 is 0.950 bits per heavy atom. The average molecular weight is 285 g/mol. The molecule has 2 aromatic rings. The fourth-order valence-corrected chi connectivity index (χ4v) is 3.34. The summed E-state index contributed by atoms with van der Waals surface area (Å²) >= 11 is 0. The lowest BCUT2D eigenvalue weighted by Crippen LogP contribution is -2.01. The maximum absolute atomic E-state index is 12.3. The maximum atomic E-state index is 12.3. The van der Waals surface area contributed by atoms with E-state index >= 15 is 0 Å². The largest absolute Gasteiger partial charge is 0.424 e. The van der Waals surface area contributed by atoms with Gasteiger partial charge in [0.2, 0.25) is 0 Å². The smallest absolute Gasteiger partial charge is 0.234 e. The molecule has 0 radical (unpaired) electrons. The number of aryl methyl sites for hydroxylation is 1. The van der Waals surface area contributed by atoms with Gasteiger partial charge in [-0.15, -0.1) is 0 Å². The molecule has 1 unspecified atom stereocenters. The van der Waals surface area contributed by atoms with E-state index in [-0.39, 0.29) is 5.52 Å². The molecule has 2 nitrogen and oxygen atoms in total. The van der Waals surface area contributed by atoms with Crippen LogP contribution in [0.25, 0.3) is 0 Å². The van der Waals surface area contributed by atoms with Gasteiger partial charge in [-0.25, -0.2) is 4.79 Å². The summed E-state index contributed by atoms with van der Waals surface area (Å²) < 4.78 is 12.3. The molecule has 0 saturated heterocycles. The molecule has 2 aromatic carbocycles. The standard InChI is InChI=1S/C17H18O2P/c1-12-9-10-16(14(3)13(12)2)17(18)20(19)11-15-7-5-4-6-8-15/h4-10H,11H2,1-3H3/q+1. The number of hydrogen-bond acceptors (Lipinski definition) is 2. The Hall–Kier alpha value is -1.79. The minimum Gasteiger partial charge on any atom is -0.234 e. The van der Waals surface area contributed by atoms with Gasteiger partial charge in [-0.3, -0.25) is 0 Å². The Kier molecular flexibility index (Phi) is 4.46. The van der Waals surface area contributed by atoms with Gasteiger partial charge in [-0.1, -0.05) is 41.0 Å². The average Bonchev–Trinajstić information content (AvgIpc) is 2.45. The zero-order valence-corrected chi connectivity index (χ0v) is 12.9. The highest BCUT2D eigenvalue weighted by molar-refractivity contribution is 7.63. The molecular formula is C17H18O2P+. The Balaban J connectivity index is 2.24. The molecule has 20 heavy (non-hydrogen) atoms. The van der Waals surface area contributed by atoms with Crippen LogP contribution >= 0.6 is 7.80 Å². The highest BCUT2D eigenvalue weighted by Crippen LogP contribution is 2.33. The van der Waals surface area contributed by atoms with Crippen molar-refractivity contribution in [3.8, 4) is 0 Å². The molecule has 2 rings (SSSR count). The predicted octanol–water partition coefficient (Wildman–Crippen LogP) is 4.78. The van der Waals surface area contributed by atoms with Crippen LogP contribution in [0.3, 0.4) is 0 Å². The second-order valence-corrected chi connectivity index (χ2v) is 6.49. The monoisotopic (exact) mass is 285 g/mol. The number of rotatable bonds is 4. The Morgan fingerprint density at radius 2 is 1.60 bits per heavy atom. The zero-order chi connectivity index (χ0) is 14.7. The summed E-state index contributed by atoms with van der Waals surface area (Å²) in [5.74, 6) is 0. The predicted molar refractivity (Wildman–Crippen MR) is 82.7 cm³/mol. The summed E-state index contributed by atoms with van der Waals surface area (Å²) in [6, 6.07) is 13.2. The summed E-state index contributed by atoms with van der Waals surface area (Å²) in [4.78, 5) is 12.3. The van der Waals surface area contributed by atoms with E-state index in [1.165, 1.54) is 0 Å². The molecule has 0 saturated carbocycles. The highest BCUT2D eigenvalue weighted by atomic mass is 31.1. The van der Waals surface area contributed by atoms with Crippen LogP contribution in [0.2, 0.25) is 0 Å². The maximum Gasteiger partial charge on any atom is 0.424 e. The van der Waals surface area contributed by atoms with E-state index in [4.69, 9.17) is 0 Å². The number of carbonyl (C=O) groups is 1. The third-order valence-corrected chi connectivity index (χ3v) is 5.03. The van der Waals surface area contributed by atoms with Gasteiger partial charge < -0.3 is 0 Å². The van der Waals surface area contributed by atoms with Crippen LogP contribution in [-0.2, 0) is 10.7 Å².